The molecule has 0 aliphatic carbocycles. The summed E-state index contributed by atoms with van der Waals surface area (Å²) in [6.07, 6.45) is 0.216. The van der Waals surface area contributed by atoms with E-state index in [2.05, 4.69) is 5.32 Å². The zero-order chi connectivity index (χ0) is 21.1. The van der Waals surface area contributed by atoms with Crippen LogP contribution in [0.3, 0.4) is 0 Å². The normalized spacial score (nSPS) is 14.3. The first-order valence-electron chi connectivity index (χ1n) is 9.77. The lowest BCUT2D eigenvalue weighted by atomic mass is 10.1. The number of carbonyl (C=O) groups excluding carboxylic acids is 3. The third-order valence-corrected chi connectivity index (χ3v) is 5.23. The third-order valence-electron chi connectivity index (χ3n) is 5.23. The fraction of sp³-hybridized carbons (Fsp3) is 0.348. The molecule has 1 fully saturated rings. The van der Waals surface area contributed by atoms with Gasteiger partial charge in [-0.3, -0.25) is 14.5 Å². The summed E-state index contributed by atoms with van der Waals surface area (Å²) < 4.78 is 0. The molecule has 6 heteroatoms. The van der Waals surface area contributed by atoms with Crippen LogP contribution in [0.15, 0.2) is 36.4 Å². The summed E-state index contributed by atoms with van der Waals surface area (Å²) in [5.74, 6) is -0.479. The Kier molecular flexibility index (Phi) is 6.01. The zero-order valence-electron chi connectivity index (χ0n) is 17.4. The van der Waals surface area contributed by atoms with Gasteiger partial charge in [0.15, 0.2) is 0 Å². The Bertz CT molecular complexity index is 948. The Morgan fingerprint density at radius 1 is 1.03 bits per heavy atom. The molecular formula is C23H27N3O3. The SMILES string of the molecule is Cc1cc(C)cc(CN2C(=O)CCN(CC(=O)Nc3cccc(C)c3C)C2=O)c1. The van der Waals surface area contributed by atoms with Crippen LogP contribution >= 0.6 is 0 Å². The van der Waals surface area contributed by atoms with Gasteiger partial charge >= 0.3 is 6.03 Å². The van der Waals surface area contributed by atoms with Gasteiger partial charge in [0, 0.05) is 18.7 Å². The van der Waals surface area contributed by atoms with Crippen molar-refractivity contribution < 1.29 is 14.4 Å². The van der Waals surface area contributed by atoms with E-state index >= 15 is 0 Å². The molecule has 1 N–H and O–H groups in total. The van der Waals surface area contributed by atoms with Crippen molar-refractivity contribution in [2.45, 2.75) is 40.7 Å². The van der Waals surface area contributed by atoms with Crippen LogP contribution in [0.25, 0.3) is 0 Å². The summed E-state index contributed by atoms with van der Waals surface area (Å²) >= 11 is 0. The highest BCUT2D eigenvalue weighted by Crippen LogP contribution is 2.19. The van der Waals surface area contributed by atoms with Crippen molar-refractivity contribution in [2.24, 2.45) is 0 Å². The van der Waals surface area contributed by atoms with Crippen LogP contribution in [0.4, 0.5) is 10.5 Å². The lowest BCUT2D eigenvalue weighted by Crippen LogP contribution is -2.53. The van der Waals surface area contributed by atoms with Crippen LogP contribution in [0.5, 0.6) is 0 Å². The minimum absolute atomic E-state index is 0.0805. The van der Waals surface area contributed by atoms with Crippen molar-refractivity contribution in [3.05, 3.63) is 64.2 Å². The van der Waals surface area contributed by atoms with Crippen molar-refractivity contribution in [2.75, 3.05) is 18.4 Å². The largest absolute Gasteiger partial charge is 0.327 e. The molecule has 1 aliphatic rings. The Hall–Kier alpha value is -3.15. The van der Waals surface area contributed by atoms with E-state index in [1.54, 1.807) is 0 Å². The van der Waals surface area contributed by atoms with Crippen LogP contribution in [-0.4, -0.2) is 40.7 Å². The molecule has 2 aromatic rings. The number of rotatable bonds is 5. The number of hydrogen-bond acceptors (Lipinski definition) is 3. The molecule has 4 amide bonds. The molecule has 0 atom stereocenters. The molecule has 6 nitrogen and oxygen atoms in total. The summed E-state index contributed by atoms with van der Waals surface area (Å²) in [5, 5.41) is 2.87. The monoisotopic (exact) mass is 393 g/mol. The minimum Gasteiger partial charge on any atom is -0.324 e. The predicted molar refractivity (Wildman–Crippen MR) is 113 cm³/mol. The van der Waals surface area contributed by atoms with E-state index in [0.717, 1.165) is 33.5 Å². The maximum absolute atomic E-state index is 12.9. The average molecular weight is 393 g/mol. The minimum atomic E-state index is -0.420. The fourth-order valence-electron chi connectivity index (χ4n) is 3.63. The second-order valence-electron chi connectivity index (χ2n) is 7.73. The summed E-state index contributed by atoms with van der Waals surface area (Å²) in [6.45, 7) is 8.29. The average Bonchev–Trinajstić information content (AvgIpc) is 2.64. The molecule has 29 heavy (non-hydrogen) atoms. The fourth-order valence-corrected chi connectivity index (χ4v) is 3.63. The van der Waals surface area contributed by atoms with Crippen LogP contribution in [-0.2, 0) is 16.1 Å². The highest BCUT2D eigenvalue weighted by molar-refractivity contribution is 6.00. The van der Waals surface area contributed by atoms with Gasteiger partial charge in [0.05, 0.1) is 6.54 Å². The van der Waals surface area contributed by atoms with Gasteiger partial charge in [-0.1, -0.05) is 41.5 Å². The second-order valence-corrected chi connectivity index (χ2v) is 7.73. The van der Waals surface area contributed by atoms with Gasteiger partial charge in [-0.05, 0) is 50.5 Å². The predicted octanol–water partition coefficient (Wildman–Crippen LogP) is 3.71. The van der Waals surface area contributed by atoms with Gasteiger partial charge < -0.3 is 10.2 Å². The molecule has 0 radical (unpaired) electrons. The number of hydrogen-bond donors (Lipinski definition) is 1. The van der Waals surface area contributed by atoms with Gasteiger partial charge in [0.1, 0.15) is 6.54 Å². The first-order valence-corrected chi connectivity index (χ1v) is 9.77. The molecule has 0 unspecified atom stereocenters. The summed E-state index contributed by atoms with van der Waals surface area (Å²) in [7, 11) is 0. The maximum Gasteiger partial charge on any atom is 0.327 e. The number of benzene rings is 2. The quantitative estimate of drug-likeness (QED) is 0.842. The number of nitrogens with one attached hydrogen (secondary N) is 1. The van der Waals surface area contributed by atoms with E-state index in [9.17, 15) is 14.4 Å². The Labute approximate surface area is 171 Å². The van der Waals surface area contributed by atoms with Crippen molar-refractivity contribution in [3.63, 3.8) is 0 Å². The molecule has 1 saturated heterocycles. The van der Waals surface area contributed by atoms with Gasteiger partial charge in [-0.25, -0.2) is 4.79 Å². The molecule has 0 aromatic heterocycles. The smallest absolute Gasteiger partial charge is 0.324 e. The Morgan fingerprint density at radius 2 is 1.72 bits per heavy atom. The Morgan fingerprint density at radius 3 is 2.41 bits per heavy atom. The highest BCUT2D eigenvalue weighted by atomic mass is 16.2. The van der Waals surface area contributed by atoms with Crippen molar-refractivity contribution in [1.29, 1.82) is 0 Å². The van der Waals surface area contributed by atoms with Crippen molar-refractivity contribution >= 4 is 23.5 Å². The van der Waals surface area contributed by atoms with Gasteiger partial charge in [0.2, 0.25) is 11.8 Å². The number of imide groups is 1. The van der Waals surface area contributed by atoms with E-state index < -0.39 is 6.03 Å². The summed E-state index contributed by atoms with van der Waals surface area (Å²) in [5.41, 5.74) is 5.90. The summed E-state index contributed by atoms with van der Waals surface area (Å²) in [4.78, 5) is 40.4. The third kappa shape index (κ3) is 4.83. The van der Waals surface area contributed by atoms with E-state index in [1.165, 1.54) is 9.80 Å². The van der Waals surface area contributed by atoms with E-state index in [4.69, 9.17) is 0 Å². The van der Waals surface area contributed by atoms with Gasteiger partial charge in [-0.15, -0.1) is 0 Å². The van der Waals surface area contributed by atoms with Gasteiger partial charge in [-0.2, -0.15) is 0 Å². The number of carbonyl (C=O) groups is 3. The molecule has 0 saturated carbocycles. The number of nitrogens with zero attached hydrogens (tertiary/aromatic N) is 2. The Balaban J connectivity index is 1.69. The van der Waals surface area contributed by atoms with Crippen LogP contribution in [0, 0.1) is 27.7 Å². The number of urea groups is 1. The van der Waals surface area contributed by atoms with Crippen LogP contribution in [0.2, 0.25) is 0 Å². The topological polar surface area (TPSA) is 69.7 Å². The van der Waals surface area contributed by atoms with Crippen molar-refractivity contribution in [1.82, 2.24) is 9.80 Å². The van der Waals surface area contributed by atoms with Crippen molar-refractivity contribution in [3.8, 4) is 0 Å². The molecule has 0 spiro atoms. The molecule has 0 bridgehead atoms. The molecular weight excluding hydrogens is 366 g/mol. The zero-order valence-corrected chi connectivity index (χ0v) is 17.4. The molecule has 152 valence electrons. The van der Waals surface area contributed by atoms with Gasteiger partial charge in [0.25, 0.3) is 0 Å². The van der Waals surface area contributed by atoms with E-state index in [-0.39, 0.29) is 37.9 Å². The van der Waals surface area contributed by atoms with E-state index in [1.807, 2.05) is 64.1 Å². The van der Waals surface area contributed by atoms with Crippen LogP contribution in [0.1, 0.15) is 34.2 Å². The highest BCUT2D eigenvalue weighted by Gasteiger charge is 2.33. The standard InChI is InChI=1S/C23H27N3O3/c1-15-10-16(2)12-19(11-15)13-26-22(28)8-9-25(23(26)29)14-21(27)24-20-7-5-6-17(3)18(20)4/h5-7,10-12H,8-9,13-14H2,1-4H3,(H,24,27). The number of anilines is 1. The number of aryl methyl sites for hydroxylation is 3. The number of amides is 4. The molecule has 1 heterocycles. The summed E-state index contributed by atoms with van der Waals surface area (Å²) in [6, 6.07) is 11.3. The lowest BCUT2D eigenvalue weighted by Gasteiger charge is -2.34. The lowest BCUT2D eigenvalue weighted by molar-refractivity contribution is -0.132. The maximum atomic E-state index is 12.9. The second kappa shape index (κ2) is 8.47. The molecule has 2 aromatic carbocycles. The molecule has 1 aliphatic heterocycles. The van der Waals surface area contributed by atoms with E-state index in [0.29, 0.717) is 0 Å². The van der Waals surface area contributed by atoms with Crippen LogP contribution < -0.4 is 5.32 Å². The first kappa shape index (κ1) is 20.6. The molecule has 3 rings (SSSR count). The first-order chi connectivity index (χ1) is 13.7.